The van der Waals surface area contributed by atoms with E-state index in [1.165, 1.54) is 30.3 Å². The molecule has 0 aliphatic carbocycles. The number of H-pyrrole nitrogens is 1. The summed E-state index contributed by atoms with van der Waals surface area (Å²) in [7, 11) is 0. The average Bonchev–Trinajstić information content (AvgIpc) is 3.42. The number of morpholine rings is 1. The second-order valence-corrected chi connectivity index (χ2v) is 10.1. The number of nitrogens with zero attached hydrogens (tertiary/aromatic N) is 6. The standard InChI is InChI=1S/C28H33N7O2/c36-28-25-4-8-29-27(26(25)30-20-31-28)35-19-22(17-32-35)5-9-33-10-6-23(7-11-33)24-3-1-2-21(16-24)18-34-12-14-37-15-13-34/h1-4,8,16-17,19-20,23H,5-7,9-15,18H2,(H,30,31,36). The first-order valence-corrected chi connectivity index (χ1v) is 13.2. The van der Waals surface area contributed by atoms with Crippen molar-refractivity contribution in [3.05, 3.63) is 82.3 Å². The van der Waals surface area contributed by atoms with Gasteiger partial charge in [-0.1, -0.05) is 24.3 Å². The lowest BCUT2D eigenvalue weighted by Crippen LogP contribution is -2.35. The Labute approximate surface area is 216 Å². The number of piperidine rings is 1. The first kappa shape index (κ1) is 24.0. The predicted molar refractivity (Wildman–Crippen MR) is 142 cm³/mol. The van der Waals surface area contributed by atoms with Gasteiger partial charge in [-0.25, -0.2) is 14.6 Å². The topological polar surface area (TPSA) is 92.2 Å². The van der Waals surface area contributed by atoms with E-state index in [9.17, 15) is 4.79 Å². The third kappa shape index (κ3) is 5.49. The molecule has 4 aromatic rings. The molecule has 5 heterocycles. The maximum Gasteiger partial charge on any atom is 0.258 e. The number of ether oxygens (including phenoxy) is 1. The molecule has 2 aliphatic heterocycles. The first-order chi connectivity index (χ1) is 18.2. The Hall–Kier alpha value is -3.40. The maximum atomic E-state index is 12.1. The van der Waals surface area contributed by atoms with Crippen molar-refractivity contribution in [2.45, 2.75) is 31.7 Å². The maximum absolute atomic E-state index is 12.1. The molecule has 3 aromatic heterocycles. The number of nitrogens with one attached hydrogen (secondary N) is 1. The van der Waals surface area contributed by atoms with E-state index < -0.39 is 0 Å². The van der Waals surface area contributed by atoms with Crippen molar-refractivity contribution in [3.8, 4) is 5.82 Å². The molecular weight excluding hydrogens is 466 g/mol. The summed E-state index contributed by atoms with van der Waals surface area (Å²) in [5.41, 5.74) is 4.44. The number of hydrogen-bond donors (Lipinski definition) is 1. The molecule has 2 saturated heterocycles. The summed E-state index contributed by atoms with van der Waals surface area (Å²) < 4.78 is 7.21. The Morgan fingerprint density at radius 1 is 1.00 bits per heavy atom. The number of rotatable bonds is 7. The molecule has 0 unspecified atom stereocenters. The van der Waals surface area contributed by atoms with Gasteiger partial charge in [0.25, 0.3) is 5.56 Å². The highest BCUT2D eigenvalue weighted by Crippen LogP contribution is 2.29. The van der Waals surface area contributed by atoms with Gasteiger partial charge in [-0.05, 0) is 61.0 Å². The molecule has 9 nitrogen and oxygen atoms in total. The van der Waals surface area contributed by atoms with E-state index in [1.807, 2.05) is 12.4 Å². The smallest absolute Gasteiger partial charge is 0.258 e. The highest BCUT2D eigenvalue weighted by atomic mass is 16.5. The van der Waals surface area contributed by atoms with Crippen molar-refractivity contribution in [3.63, 3.8) is 0 Å². The van der Waals surface area contributed by atoms with Crippen LogP contribution >= 0.6 is 0 Å². The number of pyridine rings is 1. The molecule has 0 bridgehead atoms. The molecule has 1 aromatic carbocycles. The molecule has 0 radical (unpaired) electrons. The van der Waals surface area contributed by atoms with Gasteiger partial charge in [0.2, 0.25) is 0 Å². The minimum atomic E-state index is -0.173. The summed E-state index contributed by atoms with van der Waals surface area (Å²) in [6.45, 7) is 8.00. The van der Waals surface area contributed by atoms with Crippen LogP contribution in [-0.4, -0.2) is 80.5 Å². The minimum absolute atomic E-state index is 0.173. The van der Waals surface area contributed by atoms with E-state index >= 15 is 0 Å². The molecule has 192 valence electrons. The second-order valence-electron chi connectivity index (χ2n) is 10.1. The molecule has 2 fully saturated rings. The van der Waals surface area contributed by atoms with Crippen LogP contribution in [0.3, 0.4) is 0 Å². The van der Waals surface area contributed by atoms with Crippen molar-refractivity contribution in [1.82, 2.24) is 34.5 Å². The highest BCUT2D eigenvalue weighted by molar-refractivity contribution is 5.83. The van der Waals surface area contributed by atoms with Crippen LogP contribution in [0.1, 0.15) is 35.4 Å². The number of aromatic amines is 1. The third-order valence-corrected chi connectivity index (χ3v) is 7.63. The Morgan fingerprint density at radius 3 is 2.73 bits per heavy atom. The molecule has 6 rings (SSSR count). The van der Waals surface area contributed by atoms with Crippen molar-refractivity contribution in [1.29, 1.82) is 0 Å². The monoisotopic (exact) mass is 499 g/mol. The van der Waals surface area contributed by atoms with Gasteiger partial charge >= 0.3 is 0 Å². The molecule has 37 heavy (non-hydrogen) atoms. The van der Waals surface area contributed by atoms with E-state index in [0.29, 0.717) is 22.6 Å². The largest absolute Gasteiger partial charge is 0.379 e. The Balaban J connectivity index is 1.03. The molecule has 0 spiro atoms. The van der Waals surface area contributed by atoms with Crippen molar-refractivity contribution >= 4 is 10.9 Å². The lowest BCUT2D eigenvalue weighted by molar-refractivity contribution is 0.0342. The van der Waals surface area contributed by atoms with Crippen LogP contribution in [-0.2, 0) is 17.7 Å². The summed E-state index contributed by atoms with van der Waals surface area (Å²) in [5.74, 6) is 1.21. The molecule has 0 amide bonds. The molecule has 9 heteroatoms. The van der Waals surface area contributed by atoms with Crippen LogP contribution in [0.2, 0.25) is 0 Å². The zero-order valence-electron chi connectivity index (χ0n) is 21.1. The minimum Gasteiger partial charge on any atom is -0.379 e. The Morgan fingerprint density at radius 2 is 1.86 bits per heavy atom. The number of benzene rings is 1. The zero-order chi connectivity index (χ0) is 25.0. The zero-order valence-corrected chi connectivity index (χ0v) is 21.1. The number of hydrogen-bond acceptors (Lipinski definition) is 7. The van der Waals surface area contributed by atoms with E-state index in [0.717, 1.165) is 64.5 Å². The predicted octanol–water partition coefficient (Wildman–Crippen LogP) is 2.76. The van der Waals surface area contributed by atoms with Crippen molar-refractivity contribution in [2.24, 2.45) is 0 Å². The van der Waals surface area contributed by atoms with Crippen LogP contribution in [0, 0.1) is 0 Å². The fraction of sp³-hybridized carbons (Fsp3) is 0.429. The van der Waals surface area contributed by atoms with E-state index in [-0.39, 0.29) is 5.56 Å². The number of likely N-dealkylation sites (tertiary alicyclic amines) is 1. The fourth-order valence-electron chi connectivity index (χ4n) is 5.50. The van der Waals surface area contributed by atoms with Gasteiger partial charge in [0.05, 0.1) is 31.1 Å². The second kappa shape index (κ2) is 10.9. The van der Waals surface area contributed by atoms with Crippen LogP contribution in [0.4, 0.5) is 0 Å². The van der Waals surface area contributed by atoms with Crippen molar-refractivity contribution < 1.29 is 4.74 Å². The van der Waals surface area contributed by atoms with Crippen molar-refractivity contribution in [2.75, 3.05) is 45.9 Å². The van der Waals surface area contributed by atoms with E-state index in [1.54, 1.807) is 16.9 Å². The van der Waals surface area contributed by atoms with Gasteiger partial charge in [0.15, 0.2) is 5.82 Å². The van der Waals surface area contributed by atoms with E-state index in [4.69, 9.17) is 4.74 Å². The normalized spacial score (nSPS) is 17.9. The van der Waals surface area contributed by atoms with Gasteiger partial charge in [0, 0.05) is 38.6 Å². The molecular formula is C28H33N7O2. The van der Waals surface area contributed by atoms with Gasteiger partial charge < -0.3 is 14.6 Å². The molecule has 0 saturated carbocycles. The highest BCUT2D eigenvalue weighted by Gasteiger charge is 2.21. The molecule has 0 atom stereocenters. The van der Waals surface area contributed by atoms with Crippen LogP contribution < -0.4 is 5.56 Å². The first-order valence-electron chi connectivity index (χ1n) is 13.2. The number of fused-ring (bicyclic) bond motifs is 1. The summed E-state index contributed by atoms with van der Waals surface area (Å²) >= 11 is 0. The summed E-state index contributed by atoms with van der Waals surface area (Å²) in [6, 6.07) is 10.9. The number of aromatic nitrogens is 5. The lowest BCUT2D eigenvalue weighted by Gasteiger charge is -2.32. The average molecular weight is 500 g/mol. The van der Waals surface area contributed by atoms with Crippen LogP contribution in [0.25, 0.3) is 16.7 Å². The fourth-order valence-corrected chi connectivity index (χ4v) is 5.50. The Kier molecular flexibility index (Phi) is 7.07. The summed E-state index contributed by atoms with van der Waals surface area (Å²) in [4.78, 5) is 28.5. The van der Waals surface area contributed by atoms with E-state index in [2.05, 4.69) is 54.1 Å². The Bertz CT molecular complexity index is 1400. The van der Waals surface area contributed by atoms with Gasteiger partial charge in [-0.15, -0.1) is 0 Å². The summed E-state index contributed by atoms with van der Waals surface area (Å²) in [6.07, 6.45) is 10.2. The van der Waals surface area contributed by atoms with Crippen LogP contribution in [0.15, 0.2) is 60.0 Å². The van der Waals surface area contributed by atoms with Gasteiger partial charge in [0.1, 0.15) is 5.52 Å². The third-order valence-electron chi connectivity index (χ3n) is 7.63. The molecule has 2 aliphatic rings. The van der Waals surface area contributed by atoms with Gasteiger partial charge in [-0.3, -0.25) is 9.69 Å². The van der Waals surface area contributed by atoms with Gasteiger partial charge in [-0.2, -0.15) is 5.10 Å². The SMILES string of the molecule is O=c1[nH]cnc2c(-n3cc(CCN4CCC(c5cccc(CN6CCOCC6)c5)CC4)cn3)nccc12. The quantitative estimate of drug-likeness (QED) is 0.418. The van der Waals surface area contributed by atoms with Crippen LogP contribution in [0.5, 0.6) is 0 Å². The lowest BCUT2D eigenvalue weighted by atomic mass is 9.88. The summed E-state index contributed by atoms with van der Waals surface area (Å²) in [5, 5.41) is 5.02. The molecule has 1 N–H and O–H groups in total.